The number of nitrogens with one attached hydrogen (secondary N) is 1. The van der Waals surface area contributed by atoms with Gasteiger partial charge in [-0.2, -0.15) is 0 Å². The van der Waals surface area contributed by atoms with E-state index in [0.717, 1.165) is 24.1 Å². The van der Waals surface area contributed by atoms with Crippen LogP contribution in [0.3, 0.4) is 0 Å². The zero-order valence-corrected chi connectivity index (χ0v) is 11.3. The Hall–Kier alpha value is -2.13. The number of anilines is 1. The third-order valence-electron chi connectivity index (χ3n) is 3.92. The number of benzene rings is 2. The minimum Gasteiger partial charge on any atom is -0.326 e. The fraction of sp³-hybridized carbons (Fsp3) is 0.235. The summed E-state index contributed by atoms with van der Waals surface area (Å²) in [6.45, 7) is 0.432. The van der Waals surface area contributed by atoms with Crippen molar-refractivity contribution in [1.29, 1.82) is 0 Å². The van der Waals surface area contributed by atoms with E-state index in [2.05, 4.69) is 17.4 Å². The highest BCUT2D eigenvalue weighted by Gasteiger charge is 2.27. The molecule has 3 rings (SSSR count). The van der Waals surface area contributed by atoms with Crippen molar-refractivity contribution in [1.82, 2.24) is 0 Å². The maximum Gasteiger partial charge on any atom is 0.228 e. The minimum atomic E-state index is 0.0261. The fourth-order valence-electron chi connectivity index (χ4n) is 2.80. The zero-order chi connectivity index (χ0) is 13.9. The van der Waals surface area contributed by atoms with Gasteiger partial charge in [0.1, 0.15) is 0 Å². The lowest BCUT2D eigenvalue weighted by atomic mass is 10.0. The van der Waals surface area contributed by atoms with Gasteiger partial charge in [0.25, 0.3) is 0 Å². The van der Waals surface area contributed by atoms with Gasteiger partial charge in [-0.25, -0.2) is 0 Å². The number of hydrogen-bond donors (Lipinski definition) is 2. The fourth-order valence-corrected chi connectivity index (χ4v) is 2.80. The summed E-state index contributed by atoms with van der Waals surface area (Å²) in [7, 11) is 0. The van der Waals surface area contributed by atoms with E-state index in [-0.39, 0.29) is 11.8 Å². The molecule has 2 aromatic rings. The van der Waals surface area contributed by atoms with Crippen LogP contribution in [0.2, 0.25) is 0 Å². The molecular weight excluding hydrogens is 248 g/mol. The molecule has 3 N–H and O–H groups in total. The smallest absolute Gasteiger partial charge is 0.228 e. The van der Waals surface area contributed by atoms with Gasteiger partial charge in [-0.3, -0.25) is 4.79 Å². The standard InChI is InChI=1S/C17H18N2O/c18-11-14-7-3-4-8-16(14)19-17(20)15-9-12-5-1-2-6-13(12)10-15/h1-8,15H,9-11,18H2,(H,19,20). The summed E-state index contributed by atoms with van der Waals surface area (Å²) in [5, 5.41) is 3.02. The first-order chi connectivity index (χ1) is 9.78. The Morgan fingerprint density at radius 1 is 1.05 bits per heavy atom. The van der Waals surface area contributed by atoms with E-state index in [1.54, 1.807) is 0 Å². The van der Waals surface area contributed by atoms with Gasteiger partial charge in [-0.05, 0) is 35.6 Å². The summed E-state index contributed by atoms with van der Waals surface area (Å²) < 4.78 is 0. The Morgan fingerprint density at radius 3 is 2.30 bits per heavy atom. The molecule has 20 heavy (non-hydrogen) atoms. The Balaban J connectivity index is 1.72. The first kappa shape index (κ1) is 12.9. The van der Waals surface area contributed by atoms with Crippen LogP contribution >= 0.6 is 0 Å². The van der Waals surface area contributed by atoms with E-state index in [1.165, 1.54) is 11.1 Å². The first-order valence-corrected chi connectivity index (χ1v) is 6.93. The average Bonchev–Trinajstić information content (AvgIpc) is 2.92. The largest absolute Gasteiger partial charge is 0.326 e. The van der Waals surface area contributed by atoms with Crippen molar-refractivity contribution in [2.24, 2.45) is 11.7 Å². The Kier molecular flexibility index (Phi) is 3.52. The lowest BCUT2D eigenvalue weighted by molar-refractivity contribution is -0.119. The number of carbonyl (C=O) groups is 1. The lowest BCUT2D eigenvalue weighted by Crippen LogP contribution is -2.24. The molecule has 0 spiro atoms. The summed E-state index contributed by atoms with van der Waals surface area (Å²) >= 11 is 0. The second kappa shape index (κ2) is 5.47. The van der Waals surface area contributed by atoms with Gasteiger partial charge >= 0.3 is 0 Å². The SMILES string of the molecule is NCc1ccccc1NC(=O)C1Cc2ccccc2C1. The summed E-state index contributed by atoms with van der Waals surface area (Å²) in [6, 6.07) is 16.0. The van der Waals surface area contributed by atoms with E-state index in [1.807, 2.05) is 36.4 Å². The van der Waals surface area contributed by atoms with Crippen LogP contribution in [-0.4, -0.2) is 5.91 Å². The summed E-state index contributed by atoms with van der Waals surface area (Å²) in [5.74, 6) is 0.111. The molecule has 0 bridgehead atoms. The van der Waals surface area contributed by atoms with Crippen molar-refractivity contribution in [2.75, 3.05) is 5.32 Å². The molecule has 1 aliphatic carbocycles. The summed E-state index contributed by atoms with van der Waals surface area (Å²) in [4.78, 5) is 12.4. The third-order valence-corrected chi connectivity index (χ3v) is 3.92. The second-order valence-electron chi connectivity index (χ2n) is 5.22. The van der Waals surface area contributed by atoms with Gasteiger partial charge in [0.2, 0.25) is 5.91 Å². The minimum absolute atomic E-state index is 0.0261. The van der Waals surface area contributed by atoms with Crippen molar-refractivity contribution in [2.45, 2.75) is 19.4 Å². The highest BCUT2D eigenvalue weighted by Crippen LogP contribution is 2.27. The van der Waals surface area contributed by atoms with Crippen molar-refractivity contribution >= 4 is 11.6 Å². The molecule has 102 valence electrons. The molecule has 0 aromatic heterocycles. The number of hydrogen-bond acceptors (Lipinski definition) is 2. The van der Waals surface area contributed by atoms with Gasteiger partial charge in [0.05, 0.1) is 0 Å². The molecule has 0 heterocycles. The number of amides is 1. The van der Waals surface area contributed by atoms with Crippen LogP contribution in [0, 0.1) is 5.92 Å². The molecule has 3 heteroatoms. The molecule has 3 nitrogen and oxygen atoms in total. The van der Waals surface area contributed by atoms with E-state index in [0.29, 0.717) is 6.54 Å². The van der Waals surface area contributed by atoms with Crippen LogP contribution in [0.5, 0.6) is 0 Å². The topological polar surface area (TPSA) is 55.1 Å². The van der Waals surface area contributed by atoms with Crippen molar-refractivity contribution in [3.63, 3.8) is 0 Å². The van der Waals surface area contributed by atoms with Gasteiger partial charge in [0, 0.05) is 18.2 Å². The number of nitrogens with two attached hydrogens (primary N) is 1. The zero-order valence-electron chi connectivity index (χ0n) is 11.3. The molecule has 0 saturated heterocycles. The van der Waals surface area contributed by atoms with Crippen molar-refractivity contribution in [3.05, 3.63) is 65.2 Å². The molecule has 1 aliphatic rings. The van der Waals surface area contributed by atoms with E-state index in [9.17, 15) is 4.79 Å². The molecular formula is C17H18N2O. The number of para-hydroxylation sites is 1. The number of carbonyl (C=O) groups excluding carboxylic acids is 1. The predicted molar refractivity (Wildman–Crippen MR) is 80.3 cm³/mol. The molecule has 0 saturated carbocycles. The molecule has 0 unspecified atom stereocenters. The van der Waals surface area contributed by atoms with Crippen LogP contribution < -0.4 is 11.1 Å². The van der Waals surface area contributed by atoms with E-state index in [4.69, 9.17) is 5.73 Å². The number of fused-ring (bicyclic) bond motifs is 1. The van der Waals surface area contributed by atoms with Gasteiger partial charge in [-0.15, -0.1) is 0 Å². The predicted octanol–water partition coefficient (Wildman–Crippen LogP) is 2.50. The maximum atomic E-state index is 12.4. The molecule has 2 aromatic carbocycles. The highest BCUT2D eigenvalue weighted by atomic mass is 16.1. The maximum absolute atomic E-state index is 12.4. The van der Waals surface area contributed by atoms with E-state index < -0.39 is 0 Å². The average molecular weight is 266 g/mol. The molecule has 0 aliphatic heterocycles. The second-order valence-corrected chi connectivity index (χ2v) is 5.22. The normalized spacial score (nSPS) is 14.1. The quantitative estimate of drug-likeness (QED) is 0.896. The van der Waals surface area contributed by atoms with E-state index >= 15 is 0 Å². The lowest BCUT2D eigenvalue weighted by Gasteiger charge is -2.13. The molecule has 0 fully saturated rings. The Morgan fingerprint density at radius 2 is 1.65 bits per heavy atom. The van der Waals surface area contributed by atoms with Crippen LogP contribution in [0.1, 0.15) is 16.7 Å². The van der Waals surface area contributed by atoms with Gasteiger partial charge in [-0.1, -0.05) is 42.5 Å². The van der Waals surface area contributed by atoms with Crippen molar-refractivity contribution < 1.29 is 4.79 Å². The summed E-state index contributed by atoms with van der Waals surface area (Å²) in [5.41, 5.74) is 10.1. The van der Waals surface area contributed by atoms with Gasteiger partial charge < -0.3 is 11.1 Å². The monoisotopic (exact) mass is 266 g/mol. The van der Waals surface area contributed by atoms with Crippen molar-refractivity contribution in [3.8, 4) is 0 Å². The van der Waals surface area contributed by atoms with Crippen LogP contribution in [0.15, 0.2) is 48.5 Å². The van der Waals surface area contributed by atoms with Crippen LogP contribution in [-0.2, 0) is 24.2 Å². The Labute approximate surface area is 118 Å². The summed E-state index contributed by atoms with van der Waals surface area (Å²) in [6.07, 6.45) is 1.65. The molecule has 0 atom stereocenters. The molecule has 0 radical (unpaired) electrons. The van der Waals surface area contributed by atoms with Crippen LogP contribution in [0.25, 0.3) is 0 Å². The van der Waals surface area contributed by atoms with Crippen LogP contribution in [0.4, 0.5) is 5.69 Å². The molecule has 1 amide bonds. The number of rotatable bonds is 3. The Bertz CT molecular complexity index is 611. The first-order valence-electron chi connectivity index (χ1n) is 6.93. The van der Waals surface area contributed by atoms with Gasteiger partial charge in [0.15, 0.2) is 0 Å². The third kappa shape index (κ3) is 2.45. The highest BCUT2D eigenvalue weighted by molar-refractivity contribution is 5.94.